The van der Waals surface area contributed by atoms with E-state index >= 15 is 0 Å². The number of hydrogen-bond donors (Lipinski definition) is 4. The van der Waals surface area contributed by atoms with E-state index in [9.17, 15) is 23.4 Å². The van der Waals surface area contributed by atoms with Crippen molar-refractivity contribution in [3.8, 4) is 5.88 Å². The number of aliphatic imine (C=N–C) groups is 1. The van der Waals surface area contributed by atoms with E-state index < -0.39 is 34.4 Å². The van der Waals surface area contributed by atoms with Gasteiger partial charge < -0.3 is 34.7 Å². The first-order valence-electron chi connectivity index (χ1n) is 15.8. The fourth-order valence-electron chi connectivity index (χ4n) is 6.18. The summed E-state index contributed by atoms with van der Waals surface area (Å²) in [5, 5.41) is 25.5. The number of sulfonamides is 1. The van der Waals surface area contributed by atoms with E-state index in [-0.39, 0.29) is 55.0 Å². The highest BCUT2D eigenvalue weighted by Gasteiger charge is 2.44. The topological polar surface area (TPSA) is 163 Å². The second kappa shape index (κ2) is 14.5. The molecule has 250 valence electrons. The van der Waals surface area contributed by atoms with Crippen LogP contribution in [-0.4, -0.2) is 97.1 Å². The highest BCUT2D eigenvalue weighted by molar-refractivity contribution is 7.89. The molecule has 0 unspecified atom stereocenters. The average molecular weight is 657 g/mol. The number of amides is 1. The average Bonchev–Trinajstić information content (AvgIpc) is 3.71. The van der Waals surface area contributed by atoms with Crippen molar-refractivity contribution < 1.29 is 37.6 Å². The molecule has 5 rings (SSSR count). The van der Waals surface area contributed by atoms with Crippen LogP contribution >= 0.6 is 0 Å². The molecule has 4 N–H and O–H groups in total. The summed E-state index contributed by atoms with van der Waals surface area (Å²) in [5.74, 6) is -0.201. The highest BCUT2D eigenvalue weighted by atomic mass is 32.2. The Balaban J connectivity index is 1.40. The minimum atomic E-state index is -4.13. The van der Waals surface area contributed by atoms with Gasteiger partial charge in [0.05, 0.1) is 41.7 Å². The molecule has 0 aliphatic carbocycles. The number of nitrogens with one attached hydrogen (secondary N) is 2. The summed E-state index contributed by atoms with van der Waals surface area (Å²) >= 11 is 0. The zero-order chi connectivity index (χ0) is 33.0. The van der Waals surface area contributed by atoms with Gasteiger partial charge in [-0.3, -0.25) is 4.99 Å². The Bertz CT molecular complexity index is 1640. The summed E-state index contributed by atoms with van der Waals surface area (Å²) in [6.07, 6.45) is -1.88. The summed E-state index contributed by atoms with van der Waals surface area (Å²) in [4.78, 5) is 20.4. The van der Waals surface area contributed by atoms with Gasteiger partial charge in [0.25, 0.3) is 0 Å². The lowest BCUT2D eigenvalue weighted by Gasteiger charge is -2.31. The Morgan fingerprint density at radius 1 is 1.17 bits per heavy atom. The lowest BCUT2D eigenvalue weighted by Crippen LogP contribution is -2.51. The molecule has 3 aromatic rings. The van der Waals surface area contributed by atoms with E-state index in [0.717, 1.165) is 12.0 Å². The molecule has 46 heavy (non-hydrogen) atoms. The molecule has 13 heteroatoms. The zero-order valence-corrected chi connectivity index (χ0v) is 27.5. The lowest BCUT2D eigenvalue weighted by molar-refractivity contribution is -0.0907. The van der Waals surface area contributed by atoms with Gasteiger partial charge in [-0.2, -0.15) is 4.31 Å². The summed E-state index contributed by atoms with van der Waals surface area (Å²) in [5.41, 5.74) is 2.45. The molecule has 0 saturated carbocycles. The predicted octanol–water partition coefficient (Wildman–Crippen LogP) is 3.81. The molecule has 5 atom stereocenters. The molecule has 2 aliphatic heterocycles. The number of hydrogen-bond acceptors (Lipinski definition) is 9. The molecule has 0 spiro atoms. The van der Waals surface area contributed by atoms with Crippen molar-refractivity contribution >= 4 is 32.7 Å². The molecule has 3 heterocycles. The van der Waals surface area contributed by atoms with Crippen molar-refractivity contribution in [2.24, 2.45) is 16.8 Å². The predicted molar refractivity (Wildman–Crippen MR) is 173 cm³/mol. The number of carbonyl (C=O) groups excluding carboxylic acids is 1. The molecule has 1 aromatic heterocycles. The number of aromatic amines is 1. The van der Waals surface area contributed by atoms with E-state index in [1.807, 2.05) is 51.1 Å². The van der Waals surface area contributed by atoms with Gasteiger partial charge in [0.2, 0.25) is 10.0 Å². The Morgan fingerprint density at radius 3 is 2.65 bits per heavy atom. The maximum atomic E-state index is 14.2. The van der Waals surface area contributed by atoms with E-state index in [1.165, 1.54) is 16.4 Å². The van der Waals surface area contributed by atoms with Crippen LogP contribution in [0.1, 0.15) is 45.2 Å². The van der Waals surface area contributed by atoms with Crippen LogP contribution in [0.3, 0.4) is 0 Å². The maximum Gasteiger partial charge on any atom is 0.407 e. The second-order valence-corrected chi connectivity index (χ2v) is 14.2. The summed E-state index contributed by atoms with van der Waals surface area (Å²) in [6.45, 7) is 8.56. The molecule has 0 radical (unpaired) electrons. The maximum absolute atomic E-state index is 14.2. The number of carbonyl (C=O) groups is 1. The van der Waals surface area contributed by atoms with Crippen molar-refractivity contribution in [2.45, 2.75) is 70.0 Å². The summed E-state index contributed by atoms with van der Waals surface area (Å²) < 4.78 is 46.4. The van der Waals surface area contributed by atoms with Gasteiger partial charge in [-0.1, -0.05) is 44.2 Å². The first-order valence-corrected chi connectivity index (χ1v) is 17.2. The molecular weight excluding hydrogens is 612 g/mol. The number of fused-ring (bicyclic) bond motifs is 2. The van der Waals surface area contributed by atoms with E-state index in [2.05, 4.69) is 15.3 Å². The van der Waals surface area contributed by atoms with Crippen LogP contribution < -0.4 is 5.32 Å². The van der Waals surface area contributed by atoms with Gasteiger partial charge in [-0.15, -0.1) is 0 Å². The van der Waals surface area contributed by atoms with E-state index in [0.29, 0.717) is 35.3 Å². The van der Waals surface area contributed by atoms with Crippen molar-refractivity contribution in [3.05, 3.63) is 59.7 Å². The Hall–Kier alpha value is -3.49. The number of H-pyrrole nitrogens is 1. The van der Waals surface area contributed by atoms with Crippen LogP contribution in [0, 0.1) is 11.8 Å². The molecule has 2 saturated heterocycles. The minimum absolute atomic E-state index is 0.0129. The number of aliphatic hydroxyl groups excluding tert-OH is 1. The normalized spacial score (nSPS) is 21.5. The number of aromatic nitrogens is 1. The Morgan fingerprint density at radius 2 is 1.93 bits per heavy atom. The first kappa shape index (κ1) is 33.9. The molecule has 12 nitrogen and oxygen atoms in total. The van der Waals surface area contributed by atoms with Gasteiger partial charge in [0, 0.05) is 36.2 Å². The number of alkyl carbamates (subject to hydrolysis) is 1. The summed E-state index contributed by atoms with van der Waals surface area (Å²) in [6, 6.07) is 13.1. The largest absolute Gasteiger partial charge is 0.494 e. The smallest absolute Gasteiger partial charge is 0.407 e. The third-order valence-corrected chi connectivity index (χ3v) is 10.2. The first-order chi connectivity index (χ1) is 22.0. The van der Waals surface area contributed by atoms with E-state index in [4.69, 9.17) is 14.2 Å². The fourth-order valence-corrected chi connectivity index (χ4v) is 7.83. The van der Waals surface area contributed by atoms with Gasteiger partial charge in [-0.25, -0.2) is 13.2 Å². The highest BCUT2D eigenvalue weighted by Crippen LogP contribution is 2.33. The lowest BCUT2D eigenvalue weighted by atomic mass is 10.0. The van der Waals surface area contributed by atoms with Crippen LogP contribution in [0.15, 0.2) is 58.4 Å². The van der Waals surface area contributed by atoms with Crippen molar-refractivity contribution in [3.63, 3.8) is 0 Å². The molecular formula is C33H44N4O8S. The number of aromatic hydroxyl groups is 1. The summed E-state index contributed by atoms with van der Waals surface area (Å²) in [7, 11) is -4.13. The SMILES string of the molecule is CCN=C(C)c1c(O)[nH]c2ccc(S(=O)(=O)N(CC(C)C)C[C@@H](O)[C@H](Cc3ccccc3)NC(=O)O[C@H]3CO[C@H]4OCC[C@H]43)cc12. The quantitative estimate of drug-likeness (QED) is 0.202. The zero-order valence-electron chi connectivity index (χ0n) is 26.7. The fraction of sp³-hybridized carbons (Fsp3) is 0.515. The van der Waals surface area contributed by atoms with Crippen molar-refractivity contribution in [2.75, 3.05) is 32.8 Å². The van der Waals surface area contributed by atoms with Crippen LogP contribution in [0.4, 0.5) is 4.79 Å². The van der Waals surface area contributed by atoms with Gasteiger partial charge in [-0.05, 0) is 56.4 Å². The van der Waals surface area contributed by atoms with Gasteiger partial charge in [0.15, 0.2) is 12.2 Å². The number of benzene rings is 2. The third-order valence-electron chi connectivity index (χ3n) is 8.41. The second-order valence-electron chi connectivity index (χ2n) is 12.3. The van der Waals surface area contributed by atoms with Crippen LogP contribution in [0.5, 0.6) is 5.88 Å². The molecule has 2 aromatic carbocycles. The van der Waals surface area contributed by atoms with Crippen molar-refractivity contribution in [1.82, 2.24) is 14.6 Å². The van der Waals surface area contributed by atoms with Crippen LogP contribution in [-0.2, 0) is 30.7 Å². The third kappa shape index (κ3) is 7.55. The molecule has 2 aliphatic rings. The molecule has 2 fully saturated rings. The van der Waals surface area contributed by atoms with Gasteiger partial charge in [0.1, 0.15) is 6.10 Å². The minimum Gasteiger partial charge on any atom is -0.494 e. The number of aliphatic hydroxyl groups is 1. The number of ether oxygens (including phenoxy) is 3. The van der Waals surface area contributed by atoms with Crippen molar-refractivity contribution in [1.29, 1.82) is 0 Å². The standard InChI is InChI=1S/C33H44N4O8S/c1-5-34-21(4)30-25-16-23(11-12-26(25)35-31(30)39)46(41,42)37(17-20(2)3)18-28(38)27(15-22-9-7-6-8-10-22)36-33(40)45-29-19-44-32-24(29)13-14-43-32/h6-12,16,20,24,27-29,32,35,38-39H,5,13-15,17-19H2,1-4H3,(H,36,40)/t24-,27-,28+,29-,32+/m0/s1. The Kier molecular flexibility index (Phi) is 10.7. The number of nitrogens with zero attached hydrogens (tertiary/aromatic N) is 2. The molecule has 0 bridgehead atoms. The molecule has 1 amide bonds. The number of rotatable bonds is 13. The Labute approximate surface area is 269 Å². The van der Waals surface area contributed by atoms with Gasteiger partial charge >= 0.3 is 6.09 Å². The van der Waals surface area contributed by atoms with Crippen LogP contribution in [0.25, 0.3) is 10.9 Å². The van der Waals surface area contributed by atoms with Crippen LogP contribution in [0.2, 0.25) is 0 Å². The monoisotopic (exact) mass is 656 g/mol. The van der Waals surface area contributed by atoms with E-state index in [1.54, 1.807) is 13.0 Å².